The number of amides is 1. The van der Waals surface area contributed by atoms with Gasteiger partial charge in [0, 0.05) is 41.3 Å². The Bertz CT molecular complexity index is 964. The van der Waals surface area contributed by atoms with Crippen LogP contribution >= 0.6 is 23.2 Å². The molecule has 0 radical (unpaired) electrons. The molecular weight excluding hydrogens is 437 g/mol. The first-order valence-corrected chi connectivity index (χ1v) is 11.3. The number of nitrogens with one attached hydrogen (secondary N) is 2. The minimum Gasteiger partial charge on any atom is -0.491 e. The average Bonchev–Trinajstić information content (AvgIpc) is 3.22. The summed E-state index contributed by atoms with van der Waals surface area (Å²) in [5, 5.41) is 14.4. The Morgan fingerprint density at radius 1 is 1.26 bits per heavy atom. The molecule has 8 heteroatoms. The first-order valence-electron chi connectivity index (χ1n) is 10.6. The number of fused-ring (bicyclic) bond motifs is 3. The number of ether oxygens (including phenoxy) is 1. The number of carbonyl (C=O) groups excluding carboxylic acids is 1. The number of aromatic amines is 1. The first kappa shape index (κ1) is 22.2. The Balaban J connectivity index is 1.39. The van der Waals surface area contributed by atoms with Gasteiger partial charge in [0.15, 0.2) is 5.76 Å². The average molecular weight is 464 g/mol. The van der Waals surface area contributed by atoms with Crippen molar-refractivity contribution in [3.05, 3.63) is 51.8 Å². The third-order valence-corrected chi connectivity index (χ3v) is 6.95. The molecule has 0 spiro atoms. The highest BCUT2D eigenvalue weighted by atomic mass is 35.5. The lowest BCUT2D eigenvalue weighted by atomic mass is 9.97. The molecule has 1 aromatic heterocycles. The van der Waals surface area contributed by atoms with Crippen molar-refractivity contribution in [3.8, 4) is 0 Å². The first-order chi connectivity index (χ1) is 15.0. The van der Waals surface area contributed by atoms with E-state index in [-0.39, 0.29) is 24.3 Å². The number of allylic oxidation sites excluding steroid dienone is 2. The summed E-state index contributed by atoms with van der Waals surface area (Å²) in [4.78, 5) is 18.4. The predicted octanol–water partition coefficient (Wildman–Crippen LogP) is 4.12. The van der Waals surface area contributed by atoms with Crippen LogP contribution in [0.4, 0.5) is 0 Å². The number of nitrogens with zero attached hydrogens (tertiary/aromatic N) is 1. The van der Waals surface area contributed by atoms with Crippen molar-refractivity contribution < 1.29 is 14.6 Å². The highest BCUT2D eigenvalue weighted by Gasteiger charge is 2.40. The summed E-state index contributed by atoms with van der Waals surface area (Å²) < 4.78 is 5.32. The molecule has 2 saturated heterocycles. The van der Waals surface area contributed by atoms with Crippen LogP contribution in [0.2, 0.25) is 10.0 Å². The van der Waals surface area contributed by atoms with Gasteiger partial charge in [0.05, 0.1) is 23.8 Å². The summed E-state index contributed by atoms with van der Waals surface area (Å²) >= 11 is 12.1. The third-order valence-electron chi connectivity index (χ3n) is 6.23. The molecule has 4 rings (SSSR count). The molecule has 2 unspecified atom stereocenters. The van der Waals surface area contributed by atoms with Gasteiger partial charge in [0.25, 0.3) is 5.91 Å². The van der Waals surface area contributed by atoms with Crippen LogP contribution in [0.15, 0.2) is 36.1 Å². The van der Waals surface area contributed by atoms with E-state index in [4.69, 9.17) is 27.9 Å². The van der Waals surface area contributed by atoms with Crippen molar-refractivity contribution >= 4 is 46.1 Å². The maximum absolute atomic E-state index is 12.7. The van der Waals surface area contributed by atoms with Crippen LogP contribution in [0.5, 0.6) is 0 Å². The topological polar surface area (TPSA) is 77.6 Å². The lowest BCUT2D eigenvalue weighted by Crippen LogP contribution is -2.51. The summed E-state index contributed by atoms with van der Waals surface area (Å²) in [6, 6.07) is 6.58. The van der Waals surface area contributed by atoms with Gasteiger partial charge in [-0.1, -0.05) is 29.3 Å². The number of aromatic nitrogens is 1. The molecule has 0 saturated carbocycles. The quantitative estimate of drug-likeness (QED) is 0.327. The smallest absolute Gasteiger partial charge is 0.286 e. The maximum atomic E-state index is 12.7. The van der Waals surface area contributed by atoms with Crippen LogP contribution in [0.3, 0.4) is 0 Å². The van der Waals surface area contributed by atoms with Crippen molar-refractivity contribution in [2.45, 2.75) is 43.8 Å². The highest BCUT2D eigenvalue weighted by Crippen LogP contribution is 2.35. The number of hydrogen-bond donors (Lipinski definition) is 3. The van der Waals surface area contributed by atoms with E-state index in [0.29, 0.717) is 22.1 Å². The highest BCUT2D eigenvalue weighted by molar-refractivity contribution is 6.42. The number of piperidine rings is 1. The fourth-order valence-corrected chi connectivity index (χ4v) is 5.18. The van der Waals surface area contributed by atoms with Crippen LogP contribution in [-0.2, 0) is 9.53 Å². The molecule has 31 heavy (non-hydrogen) atoms. The Hall–Kier alpha value is -1.99. The minimum absolute atomic E-state index is 0.130. The number of aliphatic hydroxyl groups excluding tert-OH is 1. The van der Waals surface area contributed by atoms with Crippen LogP contribution in [0, 0.1) is 0 Å². The molecule has 166 valence electrons. The van der Waals surface area contributed by atoms with Crippen LogP contribution in [-0.4, -0.2) is 59.3 Å². The van der Waals surface area contributed by atoms with Gasteiger partial charge in [-0.25, -0.2) is 0 Å². The van der Waals surface area contributed by atoms with Crippen molar-refractivity contribution in [1.82, 2.24) is 15.2 Å². The third kappa shape index (κ3) is 4.93. The van der Waals surface area contributed by atoms with Gasteiger partial charge in [0.1, 0.15) is 0 Å². The molecule has 3 N–H and O–H groups in total. The summed E-state index contributed by atoms with van der Waals surface area (Å²) in [6.45, 7) is 0.902. The zero-order valence-electron chi connectivity index (χ0n) is 17.4. The molecule has 2 aliphatic rings. The SMILES string of the molecule is CO/C(=C/C=C/c1cc2cc(Cl)c(Cl)cc2[nH]1)C(=O)NC1CC2CCC(C1)N2CCO. The van der Waals surface area contributed by atoms with Crippen molar-refractivity contribution in [3.63, 3.8) is 0 Å². The van der Waals surface area contributed by atoms with Gasteiger partial charge in [0.2, 0.25) is 0 Å². The van der Waals surface area contributed by atoms with Gasteiger partial charge in [-0.05, 0) is 56.0 Å². The zero-order chi connectivity index (χ0) is 22.0. The number of aliphatic hydroxyl groups is 1. The molecule has 2 fully saturated rings. The monoisotopic (exact) mass is 463 g/mol. The molecule has 1 aromatic carbocycles. The normalized spacial score (nSPS) is 24.3. The molecule has 1 amide bonds. The van der Waals surface area contributed by atoms with Gasteiger partial charge in [-0.3, -0.25) is 9.69 Å². The van der Waals surface area contributed by atoms with Crippen molar-refractivity contribution in [1.29, 1.82) is 0 Å². The molecule has 2 aliphatic heterocycles. The lowest BCUT2D eigenvalue weighted by Gasteiger charge is -2.38. The number of H-pyrrole nitrogens is 1. The minimum atomic E-state index is -0.206. The molecule has 2 atom stereocenters. The number of hydrogen-bond acceptors (Lipinski definition) is 4. The summed E-state index contributed by atoms with van der Waals surface area (Å²) in [5.41, 5.74) is 1.76. The number of benzene rings is 1. The fourth-order valence-electron chi connectivity index (χ4n) is 4.84. The van der Waals surface area contributed by atoms with Gasteiger partial charge < -0.3 is 20.1 Å². The van der Waals surface area contributed by atoms with Gasteiger partial charge >= 0.3 is 0 Å². The molecular formula is C23H27Cl2N3O3. The van der Waals surface area contributed by atoms with Crippen molar-refractivity contribution in [2.75, 3.05) is 20.3 Å². The number of methoxy groups -OCH3 is 1. The standard InChI is InChI=1S/C23H27Cl2N3O3/c1-31-22(4-2-3-15-9-14-10-19(24)20(25)13-21(14)26-15)23(30)27-16-11-17-5-6-18(12-16)28(17)7-8-29/h2-4,9-10,13,16-18,26,29H,5-8,11-12H2,1H3,(H,27,30)/b3-2+,22-4+. The largest absolute Gasteiger partial charge is 0.491 e. The van der Waals surface area contributed by atoms with E-state index in [1.165, 1.54) is 7.11 Å². The fraction of sp³-hybridized carbons (Fsp3) is 0.435. The molecule has 2 aromatic rings. The van der Waals surface area contributed by atoms with Crippen LogP contribution in [0.25, 0.3) is 17.0 Å². The lowest BCUT2D eigenvalue weighted by molar-refractivity contribution is -0.121. The van der Waals surface area contributed by atoms with Gasteiger partial charge in [-0.2, -0.15) is 0 Å². The van der Waals surface area contributed by atoms with E-state index in [9.17, 15) is 9.90 Å². The molecule has 0 aliphatic carbocycles. The van der Waals surface area contributed by atoms with E-state index in [0.717, 1.165) is 48.8 Å². The molecule has 2 bridgehead atoms. The zero-order valence-corrected chi connectivity index (χ0v) is 18.9. The Kier molecular flexibility index (Phi) is 6.92. The second-order valence-corrected chi connectivity index (χ2v) is 8.98. The second kappa shape index (κ2) is 9.65. The van der Waals surface area contributed by atoms with Crippen LogP contribution < -0.4 is 5.32 Å². The molecule has 3 heterocycles. The van der Waals surface area contributed by atoms with Gasteiger partial charge in [-0.15, -0.1) is 0 Å². The van der Waals surface area contributed by atoms with E-state index < -0.39 is 0 Å². The van der Waals surface area contributed by atoms with E-state index >= 15 is 0 Å². The molecule has 6 nitrogen and oxygen atoms in total. The maximum Gasteiger partial charge on any atom is 0.286 e. The van der Waals surface area contributed by atoms with Crippen molar-refractivity contribution in [2.24, 2.45) is 0 Å². The Morgan fingerprint density at radius 2 is 1.97 bits per heavy atom. The Morgan fingerprint density at radius 3 is 2.65 bits per heavy atom. The number of halogens is 2. The van der Waals surface area contributed by atoms with E-state index in [2.05, 4.69) is 15.2 Å². The second-order valence-electron chi connectivity index (χ2n) is 8.16. The summed E-state index contributed by atoms with van der Waals surface area (Å²) in [6.07, 6.45) is 9.39. The van der Waals surface area contributed by atoms with Crippen LogP contribution in [0.1, 0.15) is 31.4 Å². The van der Waals surface area contributed by atoms with E-state index in [1.54, 1.807) is 18.2 Å². The van der Waals surface area contributed by atoms with E-state index in [1.807, 2.05) is 18.2 Å². The predicted molar refractivity (Wildman–Crippen MR) is 124 cm³/mol. The summed E-state index contributed by atoms with van der Waals surface area (Å²) in [7, 11) is 1.50. The number of rotatable bonds is 7. The Labute approximate surface area is 191 Å². The summed E-state index contributed by atoms with van der Waals surface area (Å²) in [5.74, 6) is 0.0611. The number of carbonyl (C=O) groups is 1.